The lowest BCUT2D eigenvalue weighted by atomic mass is 10.0. The van der Waals surface area contributed by atoms with E-state index in [1.165, 1.54) is 0 Å². The van der Waals surface area contributed by atoms with Crippen molar-refractivity contribution >= 4 is 12.0 Å². The Morgan fingerprint density at radius 1 is 1.35 bits per heavy atom. The van der Waals surface area contributed by atoms with Crippen molar-refractivity contribution in [3.8, 4) is 5.75 Å². The average molecular weight is 316 g/mol. The standard InChI is InChI=1S/C19H28N2O2/c1-4-15-23-18-8-6-5-7-16(18)9-10-19(22)21(3)17-11-13-20(2)14-12-17/h5-10,17H,4,11-15H2,1-3H3/b10-9+. The quantitative estimate of drug-likeness (QED) is 0.756. The summed E-state index contributed by atoms with van der Waals surface area (Å²) in [6.07, 6.45) is 6.58. The Kier molecular flexibility index (Phi) is 6.66. The fraction of sp³-hybridized carbons (Fsp3) is 0.526. The molecule has 0 spiro atoms. The molecule has 23 heavy (non-hydrogen) atoms. The fourth-order valence-electron chi connectivity index (χ4n) is 2.80. The van der Waals surface area contributed by atoms with Crippen molar-refractivity contribution in [2.75, 3.05) is 33.8 Å². The lowest BCUT2D eigenvalue weighted by Gasteiger charge is -2.34. The van der Waals surface area contributed by atoms with E-state index in [1.54, 1.807) is 6.08 Å². The molecule has 1 aromatic carbocycles. The normalized spacial score (nSPS) is 16.7. The van der Waals surface area contributed by atoms with Crippen LogP contribution in [0.3, 0.4) is 0 Å². The highest BCUT2D eigenvalue weighted by Crippen LogP contribution is 2.20. The van der Waals surface area contributed by atoms with Gasteiger partial charge in [-0.25, -0.2) is 0 Å². The Hall–Kier alpha value is -1.81. The molecule has 0 aromatic heterocycles. The Labute approximate surface area is 139 Å². The lowest BCUT2D eigenvalue weighted by Crippen LogP contribution is -2.43. The number of likely N-dealkylation sites (tertiary alicyclic amines) is 1. The van der Waals surface area contributed by atoms with E-state index in [2.05, 4.69) is 18.9 Å². The molecule has 1 heterocycles. The number of hydrogen-bond donors (Lipinski definition) is 0. The molecule has 4 nitrogen and oxygen atoms in total. The summed E-state index contributed by atoms with van der Waals surface area (Å²) in [5.41, 5.74) is 0.950. The van der Waals surface area contributed by atoms with Gasteiger partial charge < -0.3 is 14.5 Å². The number of likely N-dealkylation sites (N-methyl/N-ethyl adjacent to an activating group) is 1. The molecule has 1 aliphatic heterocycles. The summed E-state index contributed by atoms with van der Waals surface area (Å²) in [5.74, 6) is 0.894. The number of rotatable bonds is 6. The second-order valence-electron chi connectivity index (χ2n) is 6.20. The molecular formula is C19H28N2O2. The second kappa shape index (κ2) is 8.73. The third-order valence-corrected chi connectivity index (χ3v) is 4.37. The van der Waals surface area contributed by atoms with Crippen molar-refractivity contribution in [2.24, 2.45) is 0 Å². The molecule has 1 amide bonds. The Morgan fingerprint density at radius 3 is 2.74 bits per heavy atom. The summed E-state index contributed by atoms with van der Waals surface area (Å²) >= 11 is 0. The first-order chi connectivity index (χ1) is 11.1. The third-order valence-electron chi connectivity index (χ3n) is 4.37. The number of carbonyl (C=O) groups excluding carboxylic acids is 1. The zero-order valence-electron chi connectivity index (χ0n) is 14.5. The van der Waals surface area contributed by atoms with E-state index in [-0.39, 0.29) is 5.91 Å². The molecule has 1 aliphatic rings. The smallest absolute Gasteiger partial charge is 0.246 e. The van der Waals surface area contributed by atoms with Crippen LogP contribution >= 0.6 is 0 Å². The van der Waals surface area contributed by atoms with Gasteiger partial charge in [-0.05, 0) is 51.5 Å². The molecule has 2 rings (SSSR count). The predicted octanol–water partition coefficient (Wildman–Crippen LogP) is 3.04. The molecule has 0 atom stereocenters. The van der Waals surface area contributed by atoms with Gasteiger partial charge in [0.05, 0.1) is 6.61 Å². The van der Waals surface area contributed by atoms with Crippen LogP contribution in [0.25, 0.3) is 6.08 Å². The van der Waals surface area contributed by atoms with Gasteiger partial charge in [-0.3, -0.25) is 4.79 Å². The van der Waals surface area contributed by atoms with Crippen LogP contribution in [0.5, 0.6) is 5.75 Å². The molecule has 1 saturated heterocycles. The summed E-state index contributed by atoms with van der Waals surface area (Å²) in [7, 11) is 4.04. The molecule has 0 bridgehead atoms. The number of amides is 1. The minimum atomic E-state index is 0.0600. The first-order valence-corrected chi connectivity index (χ1v) is 8.47. The second-order valence-corrected chi connectivity index (χ2v) is 6.20. The number of piperidine rings is 1. The van der Waals surface area contributed by atoms with E-state index in [0.717, 1.165) is 43.7 Å². The van der Waals surface area contributed by atoms with Gasteiger partial charge in [-0.2, -0.15) is 0 Å². The molecule has 0 unspecified atom stereocenters. The van der Waals surface area contributed by atoms with Gasteiger partial charge in [-0.15, -0.1) is 0 Å². The van der Waals surface area contributed by atoms with E-state index in [0.29, 0.717) is 12.6 Å². The van der Waals surface area contributed by atoms with Crippen LogP contribution in [0.2, 0.25) is 0 Å². The van der Waals surface area contributed by atoms with Crippen molar-refractivity contribution < 1.29 is 9.53 Å². The van der Waals surface area contributed by atoms with Crippen LogP contribution in [-0.2, 0) is 4.79 Å². The van der Waals surface area contributed by atoms with Gasteiger partial charge >= 0.3 is 0 Å². The van der Waals surface area contributed by atoms with Crippen LogP contribution in [-0.4, -0.2) is 55.5 Å². The first-order valence-electron chi connectivity index (χ1n) is 8.47. The van der Waals surface area contributed by atoms with E-state index in [9.17, 15) is 4.79 Å². The maximum Gasteiger partial charge on any atom is 0.246 e. The van der Waals surface area contributed by atoms with Gasteiger partial charge in [0.2, 0.25) is 5.91 Å². The van der Waals surface area contributed by atoms with E-state index < -0.39 is 0 Å². The molecule has 0 saturated carbocycles. The zero-order chi connectivity index (χ0) is 16.7. The van der Waals surface area contributed by atoms with E-state index in [1.807, 2.05) is 42.3 Å². The summed E-state index contributed by atoms with van der Waals surface area (Å²) in [4.78, 5) is 16.6. The molecular weight excluding hydrogens is 288 g/mol. The summed E-state index contributed by atoms with van der Waals surface area (Å²) in [6.45, 7) is 4.88. The van der Waals surface area contributed by atoms with Crippen LogP contribution in [0.1, 0.15) is 31.7 Å². The summed E-state index contributed by atoms with van der Waals surface area (Å²) < 4.78 is 5.73. The number of ether oxygens (including phenoxy) is 1. The van der Waals surface area contributed by atoms with Gasteiger partial charge in [-0.1, -0.05) is 25.1 Å². The minimum Gasteiger partial charge on any atom is -0.493 e. The van der Waals surface area contributed by atoms with Crippen molar-refractivity contribution in [3.63, 3.8) is 0 Å². The first kappa shape index (κ1) is 17.5. The average Bonchev–Trinajstić information content (AvgIpc) is 2.58. The van der Waals surface area contributed by atoms with E-state index >= 15 is 0 Å². The fourth-order valence-corrected chi connectivity index (χ4v) is 2.80. The molecule has 0 radical (unpaired) electrons. The predicted molar refractivity (Wildman–Crippen MR) is 94.6 cm³/mol. The molecule has 1 aromatic rings. The zero-order valence-corrected chi connectivity index (χ0v) is 14.5. The number of benzene rings is 1. The maximum absolute atomic E-state index is 12.4. The van der Waals surface area contributed by atoms with Crippen molar-refractivity contribution in [2.45, 2.75) is 32.2 Å². The number of nitrogens with zero attached hydrogens (tertiary/aromatic N) is 2. The monoisotopic (exact) mass is 316 g/mol. The Balaban J connectivity index is 1.97. The maximum atomic E-state index is 12.4. The minimum absolute atomic E-state index is 0.0600. The van der Waals surface area contributed by atoms with Gasteiger partial charge in [0, 0.05) is 24.7 Å². The highest BCUT2D eigenvalue weighted by Gasteiger charge is 2.22. The number of hydrogen-bond acceptors (Lipinski definition) is 3. The molecule has 4 heteroatoms. The largest absolute Gasteiger partial charge is 0.493 e. The molecule has 0 N–H and O–H groups in total. The van der Waals surface area contributed by atoms with Crippen molar-refractivity contribution in [3.05, 3.63) is 35.9 Å². The molecule has 1 fully saturated rings. The summed E-state index contributed by atoms with van der Waals surface area (Å²) in [5, 5.41) is 0. The molecule has 126 valence electrons. The SMILES string of the molecule is CCCOc1ccccc1/C=C/C(=O)N(C)C1CCN(C)CC1. The van der Waals surface area contributed by atoms with Crippen LogP contribution < -0.4 is 4.74 Å². The van der Waals surface area contributed by atoms with Gasteiger partial charge in [0.1, 0.15) is 5.75 Å². The van der Waals surface area contributed by atoms with Crippen LogP contribution in [0, 0.1) is 0 Å². The van der Waals surface area contributed by atoms with Gasteiger partial charge in [0.25, 0.3) is 0 Å². The third kappa shape index (κ3) is 5.10. The highest BCUT2D eigenvalue weighted by molar-refractivity contribution is 5.92. The lowest BCUT2D eigenvalue weighted by molar-refractivity contribution is -0.127. The topological polar surface area (TPSA) is 32.8 Å². The van der Waals surface area contributed by atoms with Crippen LogP contribution in [0.15, 0.2) is 30.3 Å². The molecule has 0 aliphatic carbocycles. The van der Waals surface area contributed by atoms with Crippen LogP contribution in [0.4, 0.5) is 0 Å². The van der Waals surface area contributed by atoms with Crippen molar-refractivity contribution in [1.82, 2.24) is 9.80 Å². The Morgan fingerprint density at radius 2 is 2.04 bits per heavy atom. The van der Waals surface area contributed by atoms with Crippen molar-refractivity contribution in [1.29, 1.82) is 0 Å². The number of para-hydroxylation sites is 1. The van der Waals surface area contributed by atoms with E-state index in [4.69, 9.17) is 4.74 Å². The Bertz CT molecular complexity index is 534. The highest BCUT2D eigenvalue weighted by atomic mass is 16.5. The summed E-state index contributed by atoms with van der Waals surface area (Å²) in [6, 6.07) is 8.18. The van der Waals surface area contributed by atoms with Gasteiger partial charge in [0.15, 0.2) is 0 Å². The number of carbonyl (C=O) groups is 1.